The van der Waals surface area contributed by atoms with Gasteiger partial charge in [0.25, 0.3) is 5.91 Å². The van der Waals surface area contributed by atoms with Crippen LogP contribution in [0.2, 0.25) is 0 Å². The Morgan fingerprint density at radius 3 is 2.87 bits per heavy atom. The second-order valence-electron chi connectivity index (χ2n) is 8.37. The molecule has 1 aliphatic carbocycles. The molecule has 1 amide bonds. The van der Waals surface area contributed by atoms with E-state index < -0.39 is 17.7 Å². The smallest absolute Gasteiger partial charge is 0.255 e. The SMILES string of the molecule is CC(C)(O)C(F)CNC(=O)c1cnc2c([nH]c3cc(C#N)ccc32)c1NC1CCC1. The van der Waals surface area contributed by atoms with Crippen molar-refractivity contribution in [2.45, 2.75) is 50.9 Å². The van der Waals surface area contributed by atoms with Gasteiger partial charge in [0.1, 0.15) is 6.17 Å². The number of nitrogens with zero attached hydrogens (tertiary/aromatic N) is 2. The molecule has 0 radical (unpaired) electrons. The first-order chi connectivity index (χ1) is 14.3. The van der Waals surface area contributed by atoms with E-state index in [0.717, 1.165) is 30.2 Å². The normalized spacial score (nSPS) is 15.6. The van der Waals surface area contributed by atoms with Gasteiger partial charge < -0.3 is 20.7 Å². The first-order valence-electron chi connectivity index (χ1n) is 10.0. The number of H-pyrrole nitrogens is 1. The molecule has 1 unspecified atom stereocenters. The van der Waals surface area contributed by atoms with Crippen LogP contribution in [0.5, 0.6) is 0 Å². The lowest BCUT2D eigenvalue weighted by molar-refractivity contribution is -0.00177. The van der Waals surface area contributed by atoms with Gasteiger partial charge in [-0.05, 0) is 51.3 Å². The highest BCUT2D eigenvalue weighted by Crippen LogP contribution is 2.34. The quantitative estimate of drug-likeness (QED) is 0.498. The van der Waals surface area contributed by atoms with E-state index in [1.807, 2.05) is 6.07 Å². The van der Waals surface area contributed by atoms with Gasteiger partial charge >= 0.3 is 0 Å². The number of rotatable bonds is 6. The monoisotopic (exact) mass is 409 g/mol. The Kier molecular flexibility index (Phi) is 5.08. The van der Waals surface area contributed by atoms with Crippen molar-refractivity contribution < 1.29 is 14.3 Å². The van der Waals surface area contributed by atoms with Gasteiger partial charge in [-0.2, -0.15) is 5.26 Å². The van der Waals surface area contributed by atoms with Gasteiger partial charge in [-0.15, -0.1) is 0 Å². The van der Waals surface area contributed by atoms with Crippen LogP contribution in [0.3, 0.4) is 0 Å². The molecular weight excluding hydrogens is 385 g/mol. The van der Waals surface area contributed by atoms with Crippen molar-refractivity contribution in [1.29, 1.82) is 5.26 Å². The topological polar surface area (TPSA) is 114 Å². The van der Waals surface area contributed by atoms with Crippen molar-refractivity contribution in [3.8, 4) is 6.07 Å². The van der Waals surface area contributed by atoms with Crippen molar-refractivity contribution in [3.05, 3.63) is 35.5 Å². The summed E-state index contributed by atoms with van der Waals surface area (Å²) in [5.41, 5.74) is 2.06. The number of hydrogen-bond acceptors (Lipinski definition) is 5. The number of anilines is 1. The maximum atomic E-state index is 14.1. The second kappa shape index (κ2) is 7.58. The molecule has 0 bridgehead atoms. The third-order valence-electron chi connectivity index (χ3n) is 5.65. The molecule has 30 heavy (non-hydrogen) atoms. The molecule has 156 valence electrons. The first-order valence-corrected chi connectivity index (χ1v) is 10.0. The molecule has 1 fully saturated rings. The molecule has 1 aromatic carbocycles. The minimum Gasteiger partial charge on any atom is -0.387 e. The maximum Gasteiger partial charge on any atom is 0.255 e. The number of pyridine rings is 1. The Balaban J connectivity index is 1.74. The van der Waals surface area contributed by atoms with Crippen LogP contribution >= 0.6 is 0 Å². The number of nitrogens with one attached hydrogen (secondary N) is 3. The van der Waals surface area contributed by atoms with E-state index in [1.54, 1.807) is 12.1 Å². The van der Waals surface area contributed by atoms with Gasteiger partial charge in [-0.3, -0.25) is 9.78 Å². The zero-order chi connectivity index (χ0) is 21.5. The van der Waals surface area contributed by atoms with Crippen molar-refractivity contribution in [2.75, 3.05) is 11.9 Å². The van der Waals surface area contributed by atoms with Gasteiger partial charge in [-0.1, -0.05) is 0 Å². The van der Waals surface area contributed by atoms with Crippen molar-refractivity contribution >= 4 is 33.5 Å². The van der Waals surface area contributed by atoms with Crippen molar-refractivity contribution in [1.82, 2.24) is 15.3 Å². The second-order valence-corrected chi connectivity index (χ2v) is 8.37. The van der Waals surface area contributed by atoms with Crippen LogP contribution in [0.1, 0.15) is 49.0 Å². The summed E-state index contributed by atoms with van der Waals surface area (Å²) in [6.07, 6.45) is 3.03. The number of benzene rings is 1. The molecule has 4 rings (SSSR count). The van der Waals surface area contributed by atoms with Gasteiger partial charge in [0.05, 0.1) is 46.1 Å². The van der Waals surface area contributed by atoms with Crippen LogP contribution in [0.15, 0.2) is 24.4 Å². The van der Waals surface area contributed by atoms with E-state index in [4.69, 9.17) is 5.26 Å². The summed E-state index contributed by atoms with van der Waals surface area (Å²) >= 11 is 0. The molecule has 2 heterocycles. The third-order valence-corrected chi connectivity index (χ3v) is 5.65. The fourth-order valence-electron chi connectivity index (χ4n) is 3.50. The third kappa shape index (κ3) is 3.68. The molecule has 1 atom stereocenters. The zero-order valence-corrected chi connectivity index (χ0v) is 16.9. The van der Waals surface area contributed by atoms with E-state index in [1.165, 1.54) is 20.0 Å². The van der Waals surface area contributed by atoms with Gasteiger partial charge in [-0.25, -0.2) is 4.39 Å². The fourth-order valence-corrected chi connectivity index (χ4v) is 3.50. The highest BCUT2D eigenvalue weighted by molar-refractivity contribution is 6.13. The molecule has 1 saturated carbocycles. The van der Waals surface area contributed by atoms with E-state index in [-0.39, 0.29) is 12.6 Å². The number of carbonyl (C=O) groups is 1. The highest BCUT2D eigenvalue weighted by atomic mass is 19.1. The Morgan fingerprint density at radius 1 is 1.47 bits per heavy atom. The average molecular weight is 409 g/mol. The van der Waals surface area contributed by atoms with Crippen LogP contribution in [-0.4, -0.2) is 45.3 Å². The number of aromatic amines is 1. The van der Waals surface area contributed by atoms with Gasteiger partial charge in [0.15, 0.2) is 0 Å². The Hall–Kier alpha value is -3.18. The molecular formula is C22H24FN5O2. The van der Waals surface area contributed by atoms with Crippen LogP contribution < -0.4 is 10.6 Å². The molecule has 4 N–H and O–H groups in total. The molecule has 0 aliphatic heterocycles. The summed E-state index contributed by atoms with van der Waals surface area (Å²) in [6, 6.07) is 7.70. The van der Waals surface area contributed by atoms with E-state index >= 15 is 0 Å². The Bertz CT molecular complexity index is 1150. The number of hydrogen-bond donors (Lipinski definition) is 4. The number of nitriles is 1. The molecule has 2 aromatic heterocycles. The van der Waals surface area contributed by atoms with Crippen molar-refractivity contribution in [2.24, 2.45) is 0 Å². The van der Waals surface area contributed by atoms with Crippen LogP contribution in [-0.2, 0) is 0 Å². The highest BCUT2D eigenvalue weighted by Gasteiger charge is 2.28. The molecule has 8 heteroatoms. The lowest BCUT2D eigenvalue weighted by Gasteiger charge is -2.28. The predicted molar refractivity (Wildman–Crippen MR) is 113 cm³/mol. The minimum atomic E-state index is -1.60. The molecule has 0 spiro atoms. The molecule has 7 nitrogen and oxygen atoms in total. The predicted octanol–water partition coefficient (Wildman–Crippen LogP) is 3.39. The summed E-state index contributed by atoms with van der Waals surface area (Å²) in [6.45, 7) is 2.42. The lowest BCUT2D eigenvalue weighted by Crippen LogP contribution is -2.42. The lowest BCUT2D eigenvalue weighted by atomic mass is 9.92. The summed E-state index contributed by atoms with van der Waals surface area (Å²) in [5, 5.41) is 25.8. The fraction of sp³-hybridized carbons (Fsp3) is 0.409. The molecule has 1 aliphatic rings. The average Bonchev–Trinajstić information content (AvgIpc) is 3.05. The van der Waals surface area contributed by atoms with E-state index in [9.17, 15) is 14.3 Å². The summed E-state index contributed by atoms with van der Waals surface area (Å²) < 4.78 is 14.1. The van der Waals surface area contributed by atoms with Crippen LogP contribution in [0, 0.1) is 11.3 Å². The molecule has 3 aromatic rings. The zero-order valence-electron chi connectivity index (χ0n) is 16.9. The minimum absolute atomic E-state index is 0.258. The number of aliphatic hydroxyl groups is 1. The Morgan fingerprint density at radius 2 is 2.23 bits per heavy atom. The van der Waals surface area contributed by atoms with E-state index in [2.05, 4.69) is 26.7 Å². The van der Waals surface area contributed by atoms with Gasteiger partial charge in [0, 0.05) is 23.1 Å². The maximum absolute atomic E-state index is 14.1. The first kappa shape index (κ1) is 20.1. The summed E-state index contributed by atoms with van der Waals surface area (Å²) in [4.78, 5) is 20.6. The number of aromatic nitrogens is 2. The number of fused-ring (bicyclic) bond motifs is 3. The summed E-state index contributed by atoms with van der Waals surface area (Å²) in [7, 11) is 0. The van der Waals surface area contributed by atoms with E-state index in [0.29, 0.717) is 27.8 Å². The number of halogens is 1. The van der Waals surface area contributed by atoms with Gasteiger partial charge in [0.2, 0.25) is 0 Å². The van der Waals surface area contributed by atoms with Crippen LogP contribution in [0.4, 0.5) is 10.1 Å². The number of carbonyl (C=O) groups excluding carboxylic acids is 1. The largest absolute Gasteiger partial charge is 0.387 e. The Labute approximate surface area is 173 Å². The van der Waals surface area contributed by atoms with Crippen molar-refractivity contribution in [3.63, 3.8) is 0 Å². The summed E-state index contributed by atoms with van der Waals surface area (Å²) in [5.74, 6) is -0.463. The molecule has 0 saturated heterocycles. The number of amides is 1. The number of alkyl halides is 1. The standard InChI is InChI=1S/C22H24FN5O2/c1-22(2,30)17(23)11-26-21(29)15-10-25-18-14-7-6-12(9-24)8-16(14)28-20(18)19(15)27-13-4-3-5-13/h6-8,10,13,17,28,30H,3-5,11H2,1-2H3,(H,25,27)(H,26,29). The van der Waals surface area contributed by atoms with Crippen LogP contribution in [0.25, 0.3) is 21.9 Å².